The monoisotopic (exact) mass is 355 g/mol. The van der Waals surface area contributed by atoms with E-state index in [1.54, 1.807) is 6.07 Å². The lowest BCUT2D eigenvalue weighted by Crippen LogP contribution is -2.15. The number of hydrogen-bond donors (Lipinski definition) is 1. The standard InChI is InChI=1S/C21H16F3NO/c22-21(23,24)17-12-10-15(11-13-17)14-20(26)25-19-9-5-4-8-18(19)16-6-2-1-3-7-16/h1-13H,14H2,(H,25,26). The molecule has 3 aromatic rings. The minimum atomic E-state index is -4.38. The fourth-order valence-corrected chi connectivity index (χ4v) is 2.65. The lowest BCUT2D eigenvalue weighted by atomic mass is 10.0. The summed E-state index contributed by atoms with van der Waals surface area (Å²) in [6, 6.07) is 21.7. The second kappa shape index (κ2) is 7.44. The van der Waals surface area contributed by atoms with Crippen molar-refractivity contribution in [2.75, 3.05) is 5.32 Å². The highest BCUT2D eigenvalue weighted by Gasteiger charge is 2.29. The second-order valence-corrected chi connectivity index (χ2v) is 5.83. The summed E-state index contributed by atoms with van der Waals surface area (Å²) in [5.74, 6) is -0.284. The number of nitrogens with one attached hydrogen (secondary N) is 1. The molecule has 0 aliphatic rings. The molecule has 0 saturated carbocycles. The Labute approximate surface area is 149 Å². The summed E-state index contributed by atoms with van der Waals surface area (Å²) in [5.41, 5.74) is 2.31. The van der Waals surface area contributed by atoms with Gasteiger partial charge in [-0.2, -0.15) is 13.2 Å². The van der Waals surface area contributed by atoms with Gasteiger partial charge in [-0.1, -0.05) is 60.7 Å². The van der Waals surface area contributed by atoms with Crippen LogP contribution in [0.2, 0.25) is 0 Å². The van der Waals surface area contributed by atoms with Gasteiger partial charge in [0.25, 0.3) is 0 Å². The Bertz CT molecular complexity index is 887. The number of hydrogen-bond acceptors (Lipinski definition) is 1. The minimum Gasteiger partial charge on any atom is -0.325 e. The predicted molar refractivity (Wildman–Crippen MR) is 95.7 cm³/mol. The molecule has 0 aliphatic heterocycles. The zero-order chi connectivity index (χ0) is 18.6. The van der Waals surface area contributed by atoms with Gasteiger partial charge in [0, 0.05) is 11.3 Å². The Morgan fingerprint density at radius 2 is 1.42 bits per heavy atom. The third-order valence-electron chi connectivity index (χ3n) is 3.93. The molecule has 0 fully saturated rings. The van der Waals surface area contributed by atoms with E-state index in [-0.39, 0.29) is 12.3 Å². The van der Waals surface area contributed by atoms with Crippen LogP contribution in [0.1, 0.15) is 11.1 Å². The van der Waals surface area contributed by atoms with E-state index < -0.39 is 11.7 Å². The number of para-hydroxylation sites is 1. The Balaban J connectivity index is 1.73. The molecule has 0 radical (unpaired) electrons. The zero-order valence-electron chi connectivity index (χ0n) is 13.8. The maximum absolute atomic E-state index is 12.6. The first-order valence-corrected chi connectivity index (χ1v) is 8.04. The minimum absolute atomic E-state index is 0.00125. The normalized spacial score (nSPS) is 11.2. The van der Waals surface area contributed by atoms with E-state index in [9.17, 15) is 18.0 Å². The fourth-order valence-electron chi connectivity index (χ4n) is 2.65. The van der Waals surface area contributed by atoms with Gasteiger partial charge in [-0.3, -0.25) is 4.79 Å². The maximum atomic E-state index is 12.6. The van der Waals surface area contributed by atoms with Crippen LogP contribution in [0.15, 0.2) is 78.9 Å². The number of halogens is 3. The van der Waals surface area contributed by atoms with Gasteiger partial charge in [-0.05, 0) is 29.3 Å². The Morgan fingerprint density at radius 3 is 2.08 bits per heavy atom. The molecule has 0 unspecified atom stereocenters. The van der Waals surface area contributed by atoms with Gasteiger partial charge < -0.3 is 5.32 Å². The molecule has 132 valence electrons. The highest BCUT2D eigenvalue weighted by atomic mass is 19.4. The lowest BCUT2D eigenvalue weighted by Gasteiger charge is -2.12. The van der Waals surface area contributed by atoms with Crippen molar-refractivity contribution in [2.24, 2.45) is 0 Å². The van der Waals surface area contributed by atoms with Crippen molar-refractivity contribution in [1.29, 1.82) is 0 Å². The van der Waals surface area contributed by atoms with Crippen LogP contribution in [0.3, 0.4) is 0 Å². The third-order valence-corrected chi connectivity index (χ3v) is 3.93. The largest absolute Gasteiger partial charge is 0.416 e. The van der Waals surface area contributed by atoms with E-state index in [1.165, 1.54) is 12.1 Å². The smallest absolute Gasteiger partial charge is 0.325 e. The first kappa shape index (κ1) is 17.7. The number of amides is 1. The molecule has 0 atom stereocenters. The molecule has 0 aromatic heterocycles. The van der Waals surface area contributed by atoms with E-state index in [0.717, 1.165) is 23.3 Å². The molecule has 1 amide bonds. The molecule has 1 N–H and O–H groups in total. The Hall–Kier alpha value is -3.08. The molecule has 0 spiro atoms. The maximum Gasteiger partial charge on any atom is 0.416 e. The SMILES string of the molecule is O=C(Cc1ccc(C(F)(F)F)cc1)Nc1ccccc1-c1ccccc1. The van der Waals surface area contributed by atoms with Crippen LogP contribution in [0.5, 0.6) is 0 Å². The van der Waals surface area contributed by atoms with Crippen molar-refractivity contribution in [3.05, 3.63) is 90.0 Å². The van der Waals surface area contributed by atoms with E-state index in [2.05, 4.69) is 5.32 Å². The van der Waals surface area contributed by atoms with Gasteiger partial charge in [-0.15, -0.1) is 0 Å². The second-order valence-electron chi connectivity index (χ2n) is 5.83. The van der Waals surface area contributed by atoms with E-state index in [4.69, 9.17) is 0 Å². The topological polar surface area (TPSA) is 29.1 Å². The van der Waals surface area contributed by atoms with Crippen molar-refractivity contribution in [1.82, 2.24) is 0 Å². The van der Waals surface area contributed by atoms with Crippen molar-refractivity contribution in [3.63, 3.8) is 0 Å². The average Bonchev–Trinajstić information content (AvgIpc) is 2.62. The molecule has 0 heterocycles. The van der Waals surface area contributed by atoms with Crippen molar-refractivity contribution in [2.45, 2.75) is 12.6 Å². The van der Waals surface area contributed by atoms with E-state index in [1.807, 2.05) is 48.5 Å². The number of rotatable bonds is 4. The first-order valence-electron chi connectivity index (χ1n) is 8.04. The lowest BCUT2D eigenvalue weighted by molar-refractivity contribution is -0.137. The molecule has 2 nitrogen and oxygen atoms in total. The molecule has 0 bridgehead atoms. The molecule has 26 heavy (non-hydrogen) atoms. The van der Waals surface area contributed by atoms with Crippen LogP contribution in [0.25, 0.3) is 11.1 Å². The number of benzene rings is 3. The number of carbonyl (C=O) groups is 1. The van der Waals surface area contributed by atoms with Gasteiger partial charge in [0.05, 0.1) is 12.0 Å². The number of anilines is 1. The molecular formula is C21H16F3NO. The third kappa shape index (κ3) is 4.30. The van der Waals surface area contributed by atoms with E-state index >= 15 is 0 Å². The fraction of sp³-hybridized carbons (Fsp3) is 0.0952. The highest BCUT2D eigenvalue weighted by Crippen LogP contribution is 2.30. The van der Waals surface area contributed by atoms with Gasteiger partial charge >= 0.3 is 6.18 Å². The van der Waals surface area contributed by atoms with Crippen LogP contribution >= 0.6 is 0 Å². The van der Waals surface area contributed by atoms with Crippen LogP contribution in [-0.4, -0.2) is 5.91 Å². The zero-order valence-corrected chi connectivity index (χ0v) is 13.8. The molecule has 0 aliphatic carbocycles. The predicted octanol–water partition coefficient (Wildman–Crippen LogP) is 5.55. The van der Waals surface area contributed by atoms with Gasteiger partial charge in [0.2, 0.25) is 5.91 Å². The van der Waals surface area contributed by atoms with Gasteiger partial charge in [0.1, 0.15) is 0 Å². The molecular weight excluding hydrogens is 339 g/mol. The van der Waals surface area contributed by atoms with E-state index in [0.29, 0.717) is 11.3 Å². The summed E-state index contributed by atoms with van der Waals surface area (Å²) in [5, 5.41) is 2.84. The van der Waals surface area contributed by atoms with Crippen LogP contribution in [-0.2, 0) is 17.4 Å². The van der Waals surface area contributed by atoms with Gasteiger partial charge in [-0.25, -0.2) is 0 Å². The van der Waals surface area contributed by atoms with Gasteiger partial charge in [0.15, 0.2) is 0 Å². The molecule has 3 rings (SSSR count). The van der Waals surface area contributed by atoms with Crippen LogP contribution in [0.4, 0.5) is 18.9 Å². The first-order chi connectivity index (χ1) is 12.4. The quantitative estimate of drug-likeness (QED) is 0.653. The summed E-state index contributed by atoms with van der Waals surface area (Å²) in [4.78, 5) is 12.3. The summed E-state index contributed by atoms with van der Waals surface area (Å²) in [6.45, 7) is 0. The van der Waals surface area contributed by atoms with Crippen LogP contribution in [0, 0.1) is 0 Å². The van der Waals surface area contributed by atoms with Crippen molar-refractivity contribution in [3.8, 4) is 11.1 Å². The Kier molecular flexibility index (Phi) is 5.07. The molecule has 5 heteroatoms. The number of carbonyl (C=O) groups excluding carboxylic acids is 1. The van der Waals surface area contributed by atoms with Crippen molar-refractivity contribution < 1.29 is 18.0 Å². The van der Waals surface area contributed by atoms with Crippen LogP contribution < -0.4 is 5.32 Å². The summed E-state index contributed by atoms with van der Waals surface area (Å²) in [6.07, 6.45) is -4.38. The van der Waals surface area contributed by atoms with Crippen molar-refractivity contribution >= 4 is 11.6 Å². The number of alkyl halides is 3. The molecule has 3 aromatic carbocycles. The Morgan fingerprint density at radius 1 is 0.808 bits per heavy atom. The molecule has 0 saturated heterocycles. The summed E-state index contributed by atoms with van der Waals surface area (Å²) >= 11 is 0. The summed E-state index contributed by atoms with van der Waals surface area (Å²) in [7, 11) is 0. The average molecular weight is 355 g/mol. The summed E-state index contributed by atoms with van der Waals surface area (Å²) < 4.78 is 37.8. The highest BCUT2D eigenvalue weighted by molar-refractivity contribution is 5.96.